The molecule has 0 aliphatic carbocycles. The average molecular weight is 372 g/mol. The van der Waals surface area contributed by atoms with Gasteiger partial charge in [-0.1, -0.05) is 18.2 Å². The van der Waals surface area contributed by atoms with Crippen molar-refractivity contribution in [2.45, 2.75) is 6.42 Å². The van der Waals surface area contributed by atoms with Gasteiger partial charge >= 0.3 is 23.9 Å². The summed E-state index contributed by atoms with van der Waals surface area (Å²) in [6.45, 7) is 0. The van der Waals surface area contributed by atoms with Gasteiger partial charge in [0.25, 0.3) is 0 Å². The molecule has 0 spiro atoms. The first-order valence-corrected chi connectivity index (χ1v) is 7.35. The van der Waals surface area contributed by atoms with E-state index in [1.54, 1.807) is 0 Å². The topological polar surface area (TPSA) is 166 Å². The number of carbonyl (C=O) groups excluding carboxylic acids is 1. The molecule has 0 atom stereocenters. The Labute approximate surface area is 151 Å². The van der Waals surface area contributed by atoms with Crippen LogP contribution in [0, 0.1) is 0 Å². The predicted octanol–water partition coefficient (Wildman–Crippen LogP) is 1.64. The Balaban J connectivity index is 2.52. The third-order valence-corrected chi connectivity index (χ3v) is 3.69. The molecule has 138 valence electrons. The molecule has 0 aliphatic rings. The zero-order chi connectivity index (χ0) is 20.3. The Morgan fingerprint density at radius 1 is 0.630 bits per heavy atom. The van der Waals surface area contributed by atoms with E-state index in [0.717, 1.165) is 24.3 Å². The normalized spacial score (nSPS) is 10.2. The van der Waals surface area contributed by atoms with Crippen LogP contribution in [0.15, 0.2) is 36.4 Å². The number of aliphatic carboxylic acids is 1. The van der Waals surface area contributed by atoms with Crippen molar-refractivity contribution in [3.8, 4) is 0 Å². The number of rotatable bonds is 7. The van der Waals surface area contributed by atoms with Gasteiger partial charge in [0.2, 0.25) is 0 Å². The number of ketones is 1. The molecule has 2 aromatic carbocycles. The summed E-state index contributed by atoms with van der Waals surface area (Å²) in [5.41, 5.74) is -1.72. The fourth-order valence-corrected chi connectivity index (χ4v) is 2.45. The molecule has 0 bridgehead atoms. The van der Waals surface area contributed by atoms with Crippen LogP contribution in [0.4, 0.5) is 0 Å². The molecule has 0 fully saturated rings. The van der Waals surface area contributed by atoms with Crippen LogP contribution >= 0.6 is 0 Å². The van der Waals surface area contributed by atoms with Crippen molar-refractivity contribution in [3.63, 3.8) is 0 Å². The zero-order valence-corrected chi connectivity index (χ0v) is 13.5. The van der Waals surface area contributed by atoms with E-state index < -0.39 is 47.2 Å². The lowest BCUT2D eigenvalue weighted by Crippen LogP contribution is -2.12. The second-order valence-corrected chi connectivity index (χ2v) is 5.45. The fraction of sp³-hybridized carbons (Fsp3) is 0.0556. The molecule has 0 saturated heterocycles. The molecule has 4 N–H and O–H groups in total. The standard InChI is InChI=1S/C18H12O9/c19-14(20)7-8-1-2-9(5-12(8)17(24)25)15(21)10-3-4-11(16(22)23)13(6-10)18(26)27/h1-6H,7H2,(H,19,20)(H,22,23)(H,24,25)(H,26,27). The Morgan fingerprint density at radius 2 is 1.11 bits per heavy atom. The number of hydrogen-bond acceptors (Lipinski definition) is 5. The summed E-state index contributed by atoms with van der Waals surface area (Å²) in [7, 11) is 0. The average Bonchev–Trinajstić information content (AvgIpc) is 2.60. The van der Waals surface area contributed by atoms with E-state index in [9.17, 15) is 29.1 Å². The molecule has 9 heteroatoms. The van der Waals surface area contributed by atoms with Gasteiger partial charge in [0.05, 0.1) is 23.1 Å². The zero-order valence-electron chi connectivity index (χ0n) is 13.5. The molecule has 0 unspecified atom stereocenters. The van der Waals surface area contributed by atoms with Gasteiger partial charge in [-0.15, -0.1) is 0 Å². The molecule has 0 radical (unpaired) electrons. The van der Waals surface area contributed by atoms with Gasteiger partial charge < -0.3 is 20.4 Å². The van der Waals surface area contributed by atoms with Gasteiger partial charge in [0, 0.05) is 11.1 Å². The Kier molecular flexibility index (Phi) is 5.35. The van der Waals surface area contributed by atoms with Crippen LogP contribution in [-0.2, 0) is 11.2 Å². The molecule has 0 aliphatic heterocycles. The SMILES string of the molecule is O=C(O)Cc1ccc(C(=O)c2ccc(C(=O)O)c(C(=O)O)c2)cc1C(=O)O. The van der Waals surface area contributed by atoms with E-state index >= 15 is 0 Å². The molecule has 0 aromatic heterocycles. The highest BCUT2D eigenvalue weighted by Gasteiger charge is 2.21. The lowest BCUT2D eigenvalue weighted by Gasteiger charge is -2.08. The van der Waals surface area contributed by atoms with Crippen molar-refractivity contribution in [2.24, 2.45) is 0 Å². The summed E-state index contributed by atoms with van der Waals surface area (Å²) in [5.74, 6) is -6.42. The first kappa shape index (κ1) is 19.3. The summed E-state index contributed by atoms with van der Waals surface area (Å²) >= 11 is 0. The van der Waals surface area contributed by atoms with Gasteiger partial charge in [-0.05, 0) is 23.8 Å². The maximum atomic E-state index is 12.6. The second-order valence-electron chi connectivity index (χ2n) is 5.45. The quantitative estimate of drug-likeness (QED) is 0.528. The molecule has 2 aromatic rings. The summed E-state index contributed by atoms with van der Waals surface area (Å²) < 4.78 is 0. The number of carboxylic acid groups (broad SMARTS) is 4. The monoisotopic (exact) mass is 372 g/mol. The van der Waals surface area contributed by atoms with Crippen molar-refractivity contribution < 1.29 is 44.4 Å². The lowest BCUT2D eigenvalue weighted by atomic mass is 9.95. The number of aromatic carboxylic acids is 3. The van der Waals surface area contributed by atoms with Crippen LogP contribution in [-0.4, -0.2) is 50.1 Å². The molecule has 0 saturated carbocycles. The van der Waals surface area contributed by atoms with Crippen molar-refractivity contribution in [2.75, 3.05) is 0 Å². The van der Waals surface area contributed by atoms with E-state index in [1.807, 2.05) is 0 Å². The third-order valence-electron chi connectivity index (χ3n) is 3.69. The van der Waals surface area contributed by atoms with Crippen molar-refractivity contribution >= 4 is 29.7 Å². The van der Waals surface area contributed by atoms with Crippen LogP contribution in [0.2, 0.25) is 0 Å². The van der Waals surface area contributed by atoms with Crippen LogP contribution < -0.4 is 0 Å². The van der Waals surface area contributed by atoms with E-state index in [0.29, 0.717) is 0 Å². The van der Waals surface area contributed by atoms with E-state index in [-0.39, 0.29) is 22.3 Å². The minimum Gasteiger partial charge on any atom is -0.481 e. The number of carboxylic acids is 4. The smallest absolute Gasteiger partial charge is 0.336 e. The van der Waals surface area contributed by atoms with E-state index in [2.05, 4.69) is 0 Å². The van der Waals surface area contributed by atoms with Crippen LogP contribution in [0.25, 0.3) is 0 Å². The molecular weight excluding hydrogens is 360 g/mol. The number of benzene rings is 2. The van der Waals surface area contributed by atoms with E-state index in [1.165, 1.54) is 12.1 Å². The maximum Gasteiger partial charge on any atom is 0.336 e. The van der Waals surface area contributed by atoms with Crippen molar-refractivity contribution in [1.82, 2.24) is 0 Å². The van der Waals surface area contributed by atoms with Gasteiger partial charge in [-0.2, -0.15) is 0 Å². The number of hydrogen-bond donors (Lipinski definition) is 4. The fourth-order valence-electron chi connectivity index (χ4n) is 2.45. The molecule has 0 amide bonds. The first-order chi connectivity index (χ1) is 12.6. The molecule has 9 nitrogen and oxygen atoms in total. The molecular formula is C18H12O9. The number of carbonyl (C=O) groups is 5. The van der Waals surface area contributed by atoms with Gasteiger partial charge in [-0.25, -0.2) is 14.4 Å². The third kappa shape index (κ3) is 4.15. The predicted molar refractivity (Wildman–Crippen MR) is 88.5 cm³/mol. The summed E-state index contributed by atoms with van der Waals surface area (Å²) in [5, 5.41) is 36.2. The summed E-state index contributed by atoms with van der Waals surface area (Å²) in [6.07, 6.45) is -0.549. The highest BCUT2D eigenvalue weighted by atomic mass is 16.4. The van der Waals surface area contributed by atoms with E-state index in [4.69, 9.17) is 15.3 Å². The van der Waals surface area contributed by atoms with Crippen LogP contribution in [0.1, 0.15) is 52.6 Å². The van der Waals surface area contributed by atoms with Crippen molar-refractivity contribution in [3.05, 3.63) is 69.8 Å². The van der Waals surface area contributed by atoms with Gasteiger partial charge in [-0.3, -0.25) is 9.59 Å². The Morgan fingerprint density at radius 3 is 1.59 bits per heavy atom. The highest BCUT2D eigenvalue weighted by molar-refractivity contribution is 6.12. The Hall–Kier alpha value is -4.01. The Bertz CT molecular complexity index is 988. The van der Waals surface area contributed by atoms with Gasteiger partial charge in [0.15, 0.2) is 5.78 Å². The molecule has 2 rings (SSSR count). The largest absolute Gasteiger partial charge is 0.481 e. The van der Waals surface area contributed by atoms with Gasteiger partial charge in [0.1, 0.15) is 0 Å². The highest BCUT2D eigenvalue weighted by Crippen LogP contribution is 2.19. The lowest BCUT2D eigenvalue weighted by molar-refractivity contribution is -0.136. The second kappa shape index (κ2) is 7.48. The van der Waals surface area contributed by atoms with Crippen LogP contribution in [0.3, 0.4) is 0 Å². The maximum absolute atomic E-state index is 12.6. The first-order valence-electron chi connectivity index (χ1n) is 7.35. The molecule has 27 heavy (non-hydrogen) atoms. The minimum atomic E-state index is -1.54. The summed E-state index contributed by atoms with van der Waals surface area (Å²) in [4.78, 5) is 57.0. The summed E-state index contributed by atoms with van der Waals surface area (Å²) in [6, 6.07) is 6.38. The molecule has 0 heterocycles. The van der Waals surface area contributed by atoms with Crippen molar-refractivity contribution in [1.29, 1.82) is 0 Å². The van der Waals surface area contributed by atoms with Crippen LogP contribution in [0.5, 0.6) is 0 Å². The minimum absolute atomic E-state index is 0.000926.